The Morgan fingerprint density at radius 1 is 1.14 bits per heavy atom. The molecule has 0 N–H and O–H groups in total. The van der Waals surface area contributed by atoms with Gasteiger partial charge in [-0.25, -0.2) is 0 Å². The summed E-state index contributed by atoms with van der Waals surface area (Å²) in [6.45, 7) is 6.33. The number of amides is 1. The molecule has 1 aromatic heterocycles. The molecule has 0 bridgehead atoms. The van der Waals surface area contributed by atoms with E-state index in [0.29, 0.717) is 11.4 Å². The molecule has 1 aromatic carbocycles. The number of hydrogen-bond acceptors (Lipinski definition) is 5. The van der Waals surface area contributed by atoms with E-state index >= 15 is 0 Å². The van der Waals surface area contributed by atoms with Crippen LogP contribution in [-0.4, -0.2) is 35.7 Å². The zero-order valence-corrected chi connectivity index (χ0v) is 17.2. The largest absolute Gasteiger partial charge is 0.354 e. The quantitative estimate of drug-likeness (QED) is 0.802. The Hall–Kier alpha value is -2.94. The third kappa shape index (κ3) is 3.46. The van der Waals surface area contributed by atoms with Gasteiger partial charge in [0.2, 0.25) is 5.91 Å². The van der Waals surface area contributed by atoms with Crippen molar-refractivity contribution < 1.29 is 4.79 Å². The van der Waals surface area contributed by atoms with Gasteiger partial charge >= 0.3 is 0 Å². The summed E-state index contributed by atoms with van der Waals surface area (Å²) in [6.07, 6.45) is 4.05. The number of aromatic nitrogens is 2. The summed E-state index contributed by atoms with van der Waals surface area (Å²) in [4.78, 5) is 17.2. The highest BCUT2D eigenvalue weighted by atomic mass is 16.2. The van der Waals surface area contributed by atoms with Crippen LogP contribution in [0.4, 0.5) is 11.5 Å². The van der Waals surface area contributed by atoms with Gasteiger partial charge in [0.15, 0.2) is 5.82 Å². The molecule has 0 spiro atoms. The minimum atomic E-state index is 0.0245. The summed E-state index contributed by atoms with van der Waals surface area (Å²) in [5.74, 6) is 0.937. The second kappa shape index (κ2) is 8.20. The molecule has 0 aliphatic carbocycles. The van der Waals surface area contributed by atoms with Crippen molar-refractivity contribution in [3.8, 4) is 6.07 Å². The van der Waals surface area contributed by atoms with Crippen LogP contribution in [0.5, 0.6) is 0 Å². The topological polar surface area (TPSA) is 73.1 Å². The minimum absolute atomic E-state index is 0.0245. The van der Waals surface area contributed by atoms with E-state index in [1.54, 1.807) is 0 Å². The number of nitriles is 1. The highest BCUT2D eigenvalue weighted by Gasteiger charge is 2.33. The maximum absolute atomic E-state index is 13.1. The number of nitrogens with zero attached hydrogens (tertiary/aromatic N) is 5. The van der Waals surface area contributed by atoms with Gasteiger partial charge in [-0.2, -0.15) is 10.4 Å². The number of fused-ring (bicyclic) bond motifs is 1. The van der Waals surface area contributed by atoms with Gasteiger partial charge in [0.25, 0.3) is 0 Å². The Labute approximate surface area is 172 Å². The number of aryl methyl sites for hydroxylation is 1. The normalized spacial score (nSPS) is 16.6. The first kappa shape index (κ1) is 19.4. The molecule has 0 unspecified atom stereocenters. The maximum atomic E-state index is 13.1. The van der Waals surface area contributed by atoms with E-state index in [-0.39, 0.29) is 11.8 Å². The van der Waals surface area contributed by atoms with Crippen molar-refractivity contribution in [2.45, 2.75) is 46.0 Å². The predicted molar refractivity (Wildman–Crippen MR) is 113 cm³/mol. The van der Waals surface area contributed by atoms with E-state index in [9.17, 15) is 10.1 Å². The van der Waals surface area contributed by atoms with E-state index in [0.717, 1.165) is 68.7 Å². The summed E-state index contributed by atoms with van der Waals surface area (Å²) in [5, 5.41) is 18.5. The van der Waals surface area contributed by atoms with Gasteiger partial charge in [-0.3, -0.25) is 4.79 Å². The number of carbonyl (C=O) groups excluding carboxylic acids is 1. The highest BCUT2D eigenvalue weighted by molar-refractivity contribution is 5.97. The number of anilines is 2. The lowest BCUT2D eigenvalue weighted by Crippen LogP contribution is -2.42. The molecule has 3 heterocycles. The average molecular weight is 390 g/mol. The van der Waals surface area contributed by atoms with Crippen LogP contribution < -0.4 is 9.80 Å². The van der Waals surface area contributed by atoms with Crippen molar-refractivity contribution >= 4 is 17.4 Å². The predicted octanol–water partition coefficient (Wildman–Crippen LogP) is 3.28. The molecule has 2 aliphatic rings. The summed E-state index contributed by atoms with van der Waals surface area (Å²) in [6, 6.07) is 10.6. The Morgan fingerprint density at radius 3 is 2.59 bits per heavy atom. The zero-order valence-electron chi connectivity index (χ0n) is 17.2. The molecule has 150 valence electrons. The van der Waals surface area contributed by atoms with Gasteiger partial charge in [-0.15, -0.1) is 5.10 Å². The molecule has 0 saturated carbocycles. The number of benzene rings is 1. The van der Waals surface area contributed by atoms with Gasteiger partial charge in [0.1, 0.15) is 11.6 Å². The van der Waals surface area contributed by atoms with Crippen molar-refractivity contribution in [3.63, 3.8) is 0 Å². The van der Waals surface area contributed by atoms with E-state index in [4.69, 9.17) is 0 Å². The summed E-state index contributed by atoms with van der Waals surface area (Å²) >= 11 is 0. The van der Waals surface area contributed by atoms with Crippen LogP contribution in [-0.2, 0) is 24.1 Å². The standard InChI is InChI=1S/C23H27N5O/c1-3-18-19(15-24)22(26-25-20(18)4-2)27-12-9-17(10-13-27)23(29)28-14-11-16-7-5-6-8-21(16)28/h5-8,17H,3-4,9-14H2,1-2H3. The molecule has 1 saturated heterocycles. The van der Waals surface area contributed by atoms with Crippen LogP contribution in [0.15, 0.2) is 24.3 Å². The molecule has 6 heteroatoms. The fourth-order valence-corrected chi connectivity index (χ4v) is 4.63. The molecule has 2 aliphatic heterocycles. The van der Waals surface area contributed by atoms with E-state index in [2.05, 4.69) is 34.2 Å². The average Bonchev–Trinajstić information content (AvgIpc) is 3.21. The number of para-hydroxylation sites is 1. The number of hydrogen-bond donors (Lipinski definition) is 0. The molecular formula is C23H27N5O. The first-order chi connectivity index (χ1) is 14.2. The van der Waals surface area contributed by atoms with Crippen molar-refractivity contribution in [3.05, 3.63) is 46.6 Å². The summed E-state index contributed by atoms with van der Waals surface area (Å²) in [7, 11) is 0. The molecule has 29 heavy (non-hydrogen) atoms. The molecule has 2 aromatic rings. The third-order valence-electron chi connectivity index (χ3n) is 6.24. The fraction of sp³-hybridized carbons (Fsp3) is 0.478. The van der Waals surface area contributed by atoms with Crippen LogP contribution in [0.3, 0.4) is 0 Å². The van der Waals surface area contributed by atoms with Crippen LogP contribution in [0.2, 0.25) is 0 Å². The van der Waals surface area contributed by atoms with Gasteiger partial charge in [0, 0.05) is 31.2 Å². The molecule has 6 nitrogen and oxygen atoms in total. The lowest BCUT2D eigenvalue weighted by atomic mass is 9.94. The van der Waals surface area contributed by atoms with Gasteiger partial charge < -0.3 is 9.80 Å². The molecule has 4 rings (SSSR count). The molecular weight excluding hydrogens is 362 g/mol. The van der Waals surface area contributed by atoms with Crippen LogP contribution in [0.25, 0.3) is 0 Å². The summed E-state index contributed by atoms with van der Waals surface area (Å²) < 4.78 is 0. The second-order valence-corrected chi connectivity index (χ2v) is 7.77. The maximum Gasteiger partial charge on any atom is 0.230 e. The van der Waals surface area contributed by atoms with Gasteiger partial charge in [-0.05, 0) is 49.3 Å². The molecule has 1 amide bonds. The number of carbonyl (C=O) groups is 1. The van der Waals surface area contributed by atoms with Gasteiger partial charge in [0.05, 0.1) is 5.69 Å². The third-order valence-corrected chi connectivity index (χ3v) is 6.24. The van der Waals surface area contributed by atoms with Crippen molar-refractivity contribution in [1.82, 2.24) is 10.2 Å². The van der Waals surface area contributed by atoms with E-state index in [1.807, 2.05) is 30.0 Å². The zero-order chi connectivity index (χ0) is 20.4. The second-order valence-electron chi connectivity index (χ2n) is 7.77. The fourth-order valence-electron chi connectivity index (χ4n) is 4.63. The Kier molecular flexibility index (Phi) is 5.48. The molecule has 1 fully saturated rings. The SMILES string of the molecule is CCc1nnc(N2CCC(C(=O)N3CCc4ccccc43)CC2)c(C#N)c1CC. The lowest BCUT2D eigenvalue weighted by molar-refractivity contribution is -0.122. The first-order valence-corrected chi connectivity index (χ1v) is 10.6. The van der Waals surface area contributed by atoms with Crippen molar-refractivity contribution in [2.24, 2.45) is 5.92 Å². The Balaban J connectivity index is 1.48. The smallest absolute Gasteiger partial charge is 0.230 e. The Bertz CT molecular complexity index is 956. The van der Waals surface area contributed by atoms with Crippen LogP contribution >= 0.6 is 0 Å². The number of piperidine rings is 1. The minimum Gasteiger partial charge on any atom is -0.354 e. The Morgan fingerprint density at radius 2 is 1.90 bits per heavy atom. The van der Waals surface area contributed by atoms with E-state index < -0.39 is 0 Å². The van der Waals surface area contributed by atoms with E-state index in [1.165, 1.54) is 5.56 Å². The van der Waals surface area contributed by atoms with Crippen molar-refractivity contribution in [1.29, 1.82) is 5.26 Å². The first-order valence-electron chi connectivity index (χ1n) is 10.6. The highest BCUT2D eigenvalue weighted by Crippen LogP contribution is 2.32. The van der Waals surface area contributed by atoms with Crippen molar-refractivity contribution in [2.75, 3.05) is 29.4 Å². The van der Waals surface area contributed by atoms with Crippen LogP contribution in [0.1, 0.15) is 49.1 Å². The lowest BCUT2D eigenvalue weighted by Gasteiger charge is -2.34. The van der Waals surface area contributed by atoms with Gasteiger partial charge in [-0.1, -0.05) is 32.0 Å². The summed E-state index contributed by atoms with van der Waals surface area (Å²) in [5.41, 5.74) is 4.89. The molecule has 0 radical (unpaired) electrons. The molecule has 0 atom stereocenters. The number of rotatable bonds is 4. The van der Waals surface area contributed by atoms with Crippen LogP contribution in [0, 0.1) is 17.2 Å². The monoisotopic (exact) mass is 389 g/mol.